The number of hydrogen-bond acceptors (Lipinski definition) is 1. The maximum atomic E-state index is 14.3. The Kier molecular flexibility index (Phi) is 6.34. The molecule has 0 heterocycles. The smallest absolute Gasteiger partial charge is 0.140 e. The van der Waals surface area contributed by atoms with E-state index in [0.29, 0.717) is 45.5 Å². The monoisotopic (exact) mass is 346 g/mol. The summed E-state index contributed by atoms with van der Waals surface area (Å²) in [7, 11) is 0. The van der Waals surface area contributed by atoms with Gasteiger partial charge in [0, 0.05) is 21.6 Å². The van der Waals surface area contributed by atoms with Crippen LogP contribution in [0.25, 0.3) is 0 Å². The Hall–Kier alpha value is -0.770. The Balaban J connectivity index is 2.30. The topological polar surface area (TPSA) is 0 Å². The van der Waals surface area contributed by atoms with Gasteiger partial charge in [-0.05, 0) is 36.1 Å². The number of halogens is 4. The van der Waals surface area contributed by atoms with E-state index in [1.165, 1.54) is 0 Å². The third kappa shape index (κ3) is 4.12. The molecule has 0 bridgehead atoms. The van der Waals surface area contributed by atoms with Gasteiger partial charge in [-0.1, -0.05) is 36.0 Å². The zero-order valence-electron chi connectivity index (χ0n) is 11.2. The first-order chi connectivity index (χ1) is 10.2. The van der Waals surface area contributed by atoms with Gasteiger partial charge in [0.15, 0.2) is 0 Å². The van der Waals surface area contributed by atoms with Gasteiger partial charge in [0.25, 0.3) is 0 Å². The molecular formula is C16H14Cl2F2S. The molecule has 0 amide bonds. The Morgan fingerprint density at radius 3 is 1.57 bits per heavy atom. The average molecular weight is 347 g/mol. The third-order valence-corrected chi connectivity index (χ3v) is 4.48. The van der Waals surface area contributed by atoms with E-state index >= 15 is 0 Å². The molecule has 2 aromatic rings. The lowest BCUT2D eigenvalue weighted by Gasteiger charge is -2.09. The van der Waals surface area contributed by atoms with E-state index in [-0.39, 0.29) is 11.6 Å². The van der Waals surface area contributed by atoms with Gasteiger partial charge in [-0.25, -0.2) is 8.78 Å². The Labute approximate surface area is 137 Å². The highest BCUT2D eigenvalue weighted by Crippen LogP contribution is 2.34. The number of rotatable bonds is 6. The number of aryl methyl sites for hydroxylation is 2. The molecule has 0 spiro atoms. The van der Waals surface area contributed by atoms with Crippen LogP contribution in [0.3, 0.4) is 0 Å². The van der Waals surface area contributed by atoms with E-state index in [4.69, 9.17) is 23.2 Å². The fourth-order valence-corrected chi connectivity index (χ4v) is 3.36. The second kappa shape index (κ2) is 8.02. The van der Waals surface area contributed by atoms with Crippen molar-refractivity contribution in [2.45, 2.75) is 22.6 Å². The van der Waals surface area contributed by atoms with Gasteiger partial charge >= 0.3 is 0 Å². The fraction of sp³-hybridized carbons (Fsp3) is 0.250. The molecule has 0 N–H and O–H groups in total. The van der Waals surface area contributed by atoms with Crippen LogP contribution >= 0.6 is 35.0 Å². The van der Waals surface area contributed by atoms with Gasteiger partial charge in [0.05, 0.1) is 0 Å². The molecule has 0 aliphatic carbocycles. The average Bonchev–Trinajstić information content (AvgIpc) is 2.48. The van der Waals surface area contributed by atoms with Gasteiger partial charge in [-0.15, -0.1) is 23.2 Å². The molecule has 2 rings (SSSR count). The van der Waals surface area contributed by atoms with Crippen molar-refractivity contribution in [2.75, 3.05) is 11.8 Å². The molecule has 0 saturated carbocycles. The van der Waals surface area contributed by atoms with E-state index in [1.54, 1.807) is 36.4 Å². The van der Waals surface area contributed by atoms with Crippen molar-refractivity contribution in [3.05, 3.63) is 59.2 Å². The lowest BCUT2D eigenvalue weighted by molar-refractivity contribution is 0.580. The first kappa shape index (κ1) is 16.6. The minimum Gasteiger partial charge on any atom is -0.205 e. The summed E-state index contributed by atoms with van der Waals surface area (Å²) in [5.41, 5.74) is 1.10. The molecule has 0 radical (unpaired) electrons. The van der Waals surface area contributed by atoms with E-state index < -0.39 is 0 Å². The summed E-state index contributed by atoms with van der Waals surface area (Å²) in [6.45, 7) is 0. The van der Waals surface area contributed by atoms with E-state index in [2.05, 4.69) is 0 Å². The summed E-state index contributed by atoms with van der Waals surface area (Å²) >= 11 is 12.4. The quantitative estimate of drug-likeness (QED) is 0.606. The molecule has 5 heteroatoms. The number of alkyl halides is 2. The second-order valence-corrected chi connectivity index (χ2v) is 6.28. The standard InChI is InChI=1S/C16H14Cl2F2S/c17-9-7-11-3-1-5-13(15(11)19)21-14-6-2-4-12(8-10-18)16(14)20/h1-6H,7-10H2. The summed E-state index contributed by atoms with van der Waals surface area (Å²) < 4.78 is 28.6. The number of hydrogen-bond donors (Lipinski definition) is 0. The summed E-state index contributed by atoms with van der Waals surface area (Å²) in [6.07, 6.45) is 0.910. The molecule has 112 valence electrons. The van der Waals surface area contributed by atoms with Crippen LogP contribution in [0.2, 0.25) is 0 Å². The zero-order chi connectivity index (χ0) is 15.2. The van der Waals surface area contributed by atoms with Crippen molar-refractivity contribution in [2.24, 2.45) is 0 Å². The van der Waals surface area contributed by atoms with Crippen LogP contribution in [-0.2, 0) is 12.8 Å². The minimum atomic E-state index is -0.328. The predicted molar refractivity (Wildman–Crippen MR) is 85.8 cm³/mol. The first-order valence-corrected chi connectivity index (χ1v) is 8.40. The Morgan fingerprint density at radius 2 is 1.19 bits per heavy atom. The molecule has 21 heavy (non-hydrogen) atoms. The molecule has 0 aliphatic rings. The van der Waals surface area contributed by atoms with Gasteiger partial charge in [-0.2, -0.15) is 0 Å². The largest absolute Gasteiger partial charge is 0.205 e. The maximum Gasteiger partial charge on any atom is 0.140 e. The van der Waals surface area contributed by atoms with Crippen LogP contribution in [0.5, 0.6) is 0 Å². The zero-order valence-corrected chi connectivity index (χ0v) is 13.5. The van der Waals surface area contributed by atoms with Crippen molar-refractivity contribution in [1.82, 2.24) is 0 Å². The molecule has 0 atom stereocenters. The predicted octanol–water partition coefficient (Wildman–Crippen LogP) is 5.68. The SMILES string of the molecule is Fc1c(CCCl)cccc1Sc1cccc(CCCl)c1F. The highest BCUT2D eigenvalue weighted by molar-refractivity contribution is 7.99. The molecule has 0 fully saturated rings. The first-order valence-electron chi connectivity index (χ1n) is 6.52. The van der Waals surface area contributed by atoms with Crippen molar-refractivity contribution < 1.29 is 8.78 Å². The van der Waals surface area contributed by atoms with Gasteiger partial charge < -0.3 is 0 Å². The summed E-state index contributed by atoms with van der Waals surface area (Å²) in [4.78, 5) is 0.805. The molecule has 2 aromatic carbocycles. The van der Waals surface area contributed by atoms with Crippen LogP contribution in [0.1, 0.15) is 11.1 Å². The van der Waals surface area contributed by atoms with Crippen LogP contribution in [0, 0.1) is 11.6 Å². The van der Waals surface area contributed by atoms with E-state index in [0.717, 1.165) is 11.8 Å². The maximum absolute atomic E-state index is 14.3. The molecular weight excluding hydrogens is 333 g/mol. The summed E-state index contributed by atoms with van der Waals surface area (Å²) in [5, 5.41) is 0. The van der Waals surface area contributed by atoms with Crippen LogP contribution < -0.4 is 0 Å². The van der Waals surface area contributed by atoms with Gasteiger partial charge in [0.1, 0.15) is 11.6 Å². The lowest BCUT2D eigenvalue weighted by Crippen LogP contribution is -1.96. The molecule has 0 nitrogen and oxygen atoms in total. The van der Waals surface area contributed by atoms with Gasteiger partial charge in [0.2, 0.25) is 0 Å². The number of benzene rings is 2. The molecule has 0 aromatic heterocycles. The summed E-state index contributed by atoms with van der Waals surface area (Å²) in [6, 6.07) is 10.2. The highest BCUT2D eigenvalue weighted by Gasteiger charge is 2.13. The van der Waals surface area contributed by atoms with E-state index in [9.17, 15) is 8.78 Å². The summed E-state index contributed by atoms with van der Waals surface area (Å²) in [5.74, 6) is 0.0467. The van der Waals surface area contributed by atoms with Crippen molar-refractivity contribution >= 4 is 35.0 Å². The minimum absolute atomic E-state index is 0.328. The lowest BCUT2D eigenvalue weighted by atomic mass is 10.1. The van der Waals surface area contributed by atoms with Crippen molar-refractivity contribution in [3.63, 3.8) is 0 Å². The molecule has 0 saturated heterocycles. The normalized spacial score (nSPS) is 10.9. The van der Waals surface area contributed by atoms with Crippen LogP contribution in [0.15, 0.2) is 46.2 Å². The van der Waals surface area contributed by atoms with Crippen molar-refractivity contribution in [1.29, 1.82) is 0 Å². The van der Waals surface area contributed by atoms with Crippen LogP contribution in [-0.4, -0.2) is 11.8 Å². The third-order valence-electron chi connectivity index (χ3n) is 3.03. The Morgan fingerprint density at radius 1 is 0.762 bits per heavy atom. The van der Waals surface area contributed by atoms with Gasteiger partial charge in [-0.3, -0.25) is 0 Å². The Bertz CT molecular complexity index is 564. The highest BCUT2D eigenvalue weighted by atomic mass is 35.5. The van der Waals surface area contributed by atoms with Crippen molar-refractivity contribution in [3.8, 4) is 0 Å². The van der Waals surface area contributed by atoms with E-state index in [1.807, 2.05) is 0 Å². The molecule has 0 aliphatic heterocycles. The molecule has 0 unspecified atom stereocenters. The fourth-order valence-electron chi connectivity index (χ4n) is 1.98. The second-order valence-electron chi connectivity index (χ2n) is 4.44. The van der Waals surface area contributed by atoms with Crippen LogP contribution in [0.4, 0.5) is 8.78 Å².